The van der Waals surface area contributed by atoms with Gasteiger partial charge in [0, 0.05) is 16.7 Å². The summed E-state index contributed by atoms with van der Waals surface area (Å²) in [6.45, 7) is 0.603. The fourth-order valence-electron chi connectivity index (χ4n) is 1.53. The highest BCUT2D eigenvalue weighted by molar-refractivity contribution is 9.10. The molecule has 7 heteroatoms. The number of carbonyl (C=O) groups excluding carboxylic acids is 1. The van der Waals surface area contributed by atoms with E-state index >= 15 is 0 Å². The van der Waals surface area contributed by atoms with Gasteiger partial charge >= 0.3 is 12.0 Å². The molecule has 1 aromatic carbocycles. The highest BCUT2D eigenvalue weighted by atomic mass is 79.9. The number of benzene rings is 1. The third-order valence-electron chi connectivity index (χ3n) is 2.46. The molecule has 0 saturated heterocycles. The molecule has 0 aliphatic rings. The average Bonchev–Trinajstić information content (AvgIpc) is 2.37. The van der Waals surface area contributed by atoms with Crippen LogP contribution in [-0.2, 0) is 0 Å². The molecular weight excluding hydrogens is 344 g/mol. The highest BCUT2D eigenvalue weighted by Crippen LogP contribution is 2.19. The number of unbranched alkanes of at least 4 members (excludes halogenated alkanes) is 1. The zero-order valence-corrected chi connectivity index (χ0v) is 13.5. The van der Waals surface area contributed by atoms with Gasteiger partial charge in [0.1, 0.15) is 0 Å². The van der Waals surface area contributed by atoms with Gasteiger partial charge in [-0.15, -0.1) is 0 Å². The molecular formula is C13H17BrN2O3S. The van der Waals surface area contributed by atoms with Crippen LogP contribution in [0.1, 0.15) is 23.2 Å². The van der Waals surface area contributed by atoms with Crippen molar-refractivity contribution < 1.29 is 14.7 Å². The van der Waals surface area contributed by atoms with E-state index in [1.54, 1.807) is 17.8 Å². The molecule has 0 atom stereocenters. The molecule has 0 aliphatic carbocycles. The predicted molar refractivity (Wildman–Crippen MR) is 85.7 cm³/mol. The predicted octanol–water partition coefficient (Wildman–Crippen LogP) is 3.41. The van der Waals surface area contributed by atoms with Crippen LogP contribution in [0.4, 0.5) is 10.5 Å². The SMILES string of the molecule is CSCCCCNC(=O)Nc1cc(Br)cc(C(=O)O)c1. The first-order chi connectivity index (χ1) is 9.52. The van der Waals surface area contributed by atoms with Gasteiger partial charge in [-0.3, -0.25) is 0 Å². The van der Waals surface area contributed by atoms with E-state index < -0.39 is 5.97 Å². The normalized spacial score (nSPS) is 10.1. The second kappa shape index (κ2) is 8.86. The van der Waals surface area contributed by atoms with Crippen molar-refractivity contribution in [1.29, 1.82) is 0 Å². The van der Waals surface area contributed by atoms with Crippen LogP contribution in [0.15, 0.2) is 22.7 Å². The largest absolute Gasteiger partial charge is 0.478 e. The average molecular weight is 361 g/mol. The fourth-order valence-corrected chi connectivity index (χ4v) is 2.52. The van der Waals surface area contributed by atoms with Gasteiger partial charge in [0.2, 0.25) is 0 Å². The summed E-state index contributed by atoms with van der Waals surface area (Å²) < 4.78 is 0.604. The number of urea groups is 1. The van der Waals surface area contributed by atoms with Crippen LogP contribution in [-0.4, -0.2) is 35.7 Å². The first kappa shape index (κ1) is 16.8. The maximum absolute atomic E-state index is 11.6. The molecule has 0 saturated carbocycles. The lowest BCUT2D eigenvalue weighted by molar-refractivity contribution is 0.0697. The number of rotatable bonds is 7. The van der Waals surface area contributed by atoms with Crippen LogP contribution >= 0.6 is 27.7 Å². The molecule has 20 heavy (non-hydrogen) atoms. The summed E-state index contributed by atoms with van der Waals surface area (Å²) in [4.78, 5) is 22.6. The molecule has 0 aromatic heterocycles. The number of aromatic carboxylic acids is 1. The minimum absolute atomic E-state index is 0.120. The Bertz CT molecular complexity index is 483. The molecule has 5 nitrogen and oxygen atoms in total. The topological polar surface area (TPSA) is 78.4 Å². The van der Waals surface area contributed by atoms with Gasteiger partial charge in [-0.25, -0.2) is 9.59 Å². The van der Waals surface area contributed by atoms with E-state index in [0.717, 1.165) is 18.6 Å². The van der Waals surface area contributed by atoms with Crippen LogP contribution in [0.2, 0.25) is 0 Å². The Morgan fingerprint density at radius 2 is 2.05 bits per heavy atom. The van der Waals surface area contributed by atoms with Crippen LogP contribution in [0, 0.1) is 0 Å². The zero-order chi connectivity index (χ0) is 15.0. The molecule has 0 spiro atoms. The molecule has 0 bridgehead atoms. The van der Waals surface area contributed by atoms with Gasteiger partial charge in [0.05, 0.1) is 5.56 Å². The number of anilines is 1. The van der Waals surface area contributed by atoms with Crippen molar-refractivity contribution in [1.82, 2.24) is 5.32 Å². The van der Waals surface area contributed by atoms with Crippen molar-refractivity contribution in [2.75, 3.05) is 23.9 Å². The number of thioether (sulfide) groups is 1. The third-order valence-corrected chi connectivity index (χ3v) is 3.62. The van der Waals surface area contributed by atoms with E-state index in [1.807, 2.05) is 6.26 Å². The first-order valence-corrected chi connectivity index (χ1v) is 8.29. The number of halogens is 1. The van der Waals surface area contributed by atoms with Gasteiger partial charge in [-0.1, -0.05) is 15.9 Å². The zero-order valence-electron chi connectivity index (χ0n) is 11.1. The molecule has 1 aromatic rings. The van der Waals surface area contributed by atoms with Crippen LogP contribution < -0.4 is 10.6 Å². The Kier molecular flexibility index (Phi) is 7.46. The highest BCUT2D eigenvalue weighted by Gasteiger charge is 2.08. The van der Waals surface area contributed by atoms with Gasteiger partial charge in [0.15, 0.2) is 0 Å². The quantitative estimate of drug-likeness (QED) is 0.651. The molecule has 0 aliphatic heterocycles. The Balaban J connectivity index is 2.47. The second-order valence-corrected chi connectivity index (χ2v) is 6.02. The number of nitrogens with one attached hydrogen (secondary N) is 2. The second-order valence-electron chi connectivity index (χ2n) is 4.11. The van der Waals surface area contributed by atoms with Crippen molar-refractivity contribution in [3.8, 4) is 0 Å². The standard InChI is InChI=1S/C13H17BrN2O3S/c1-20-5-3-2-4-15-13(19)16-11-7-9(12(17)18)6-10(14)8-11/h6-8H,2-5H2,1H3,(H,17,18)(H2,15,16,19). The molecule has 0 fully saturated rings. The van der Waals surface area contributed by atoms with Crippen LogP contribution in [0.25, 0.3) is 0 Å². The van der Waals surface area contributed by atoms with E-state index in [0.29, 0.717) is 16.7 Å². The Hall–Kier alpha value is -1.21. The lowest BCUT2D eigenvalue weighted by Crippen LogP contribution is -2.29. The van der Waals surface area contributed by atoms with E-state index in [4.69, 9.17) is 5.11 Å². The smallest absolute Gasteiger partial charge is 0.335 e. The van der Waals surface area contributed by atoms with Crippen molar-refractivity contribution >= 4 is 45.4 Å². The summed E-state index contributed by atoms with van der Waals surface area (Å²) in [6.07, 6.45) is 4.03. The summed E-state index contributed by atoms with van der Waals surface area (Å²) in [5, 5.41) is 14.3. The number of carboxylic acids is 1. The monoisotopic (exact) mass is 360 g/mol. The van der Waals surface area contributed by atoms with Crippen LogP contribution in [0.5, 0.6) is 0 Å². The minimum atomic E-state index is -1.04. The number of carbonyl (C=O) groups is 2. The number of amides is 2. The maximum Gasteiger partial charge on any atom is 0.335 e. The fraction of sp³-hybridized carbons (Fsp3) is 0.385. The molecule has 0 unspecified atom stereocenters. The number of carboxylic acid groups (broad SMARTS) is 1. The van der Waals surface area contributed by atoms with Crippen molar-refractivity contribution in [2.24, 2.45) is 0 Å². The van der Waals surface area contributed by atoms with Gasteiger partial charge < -0.3 is 15.7 Å². The number of hydrogen-bond acceptors (Lipinski definition) is 3. The van der Waals surface area contributed by atoms with E-state index in [1.165, 1.54) is 12.1 Å². The summed E-state index contributed by atoms with van der Waals surface area (Å²) in [5.74, 6) is 0.0449. The first-order valence-electron chi connectivity index (χ1n) is 6.10. The molecule has 1 rings (SSSR count). The van der Waals surface area contributed by atoms with Gasteiger partial charge in [-0.05, 0) is 43.0 Å². The Morgan fingerprint density at radius 1 is 1.30 bits per heavy atom. The molecule has 2 amide bonds. The van der Waals surface area contributed by atoms with Crippen molar-refractivity contribution in [3.05, 3.63) is 28.2 Å². The lowest BCUT2D eigenvalue weighted by Gasteiger charge is -2.08. The lowest BCUT2D eigenvalue weighted by atomic mass is 10.2. The molecule has 0 radical (unpaired) electrons. The minimum Gasteiger partial charge on any atom is -0.478 e. The summed E-state index contributed by atoms with van der Waals surface area (Å²) in [7, 11) is 0. The number of hydrogen-bond donors (Lipinski definition) is 3. The van der Waals surface area contributed by atoms with Crippen LogP contribution in [0.3, 0.4) is 0 Å². The van der Waals surface area contributed by atoms with E-state index in [-0.39, 0.29) is 11.6 Å². The summed E-state index contributed by atoms with van der Waals surface area (Å²) >= 11 is 4.99. The summed E-state index contributed by atoms with van der Waals surface area (Å²) in [6, 6.07) is 4.22. The third kappa shape index (κ3) is 6.29. The molecule has 0 heterocycles. The Morgan fingerprint density at radius 3 is 2.70 bits per heavy atom. The van der Waals surface area contributed by atoms with E-state index in [9.17, 15) is 9.59 Å². The van der Waals surface area contributed by atoms with Gasteiger partial charge in [0.25, 0.3) is 0 Å². The van der Waals surface area contributed by atoms with Gasteiger partial charge in [-0.2, -0.15) is 11.8 Å². The summed E-state index contributed by atoms with van der Waals surface area (Å²) in [5.41, 5.74) is 0.563. The van der Waals surface area contributed by atoms with Crippen molar-refractivity contribution in [2.45, 2.75) is 12.8 Å². The Labute approximate surface area is 130 Å². The molecule has 3 N–H and O–H groups in total. The maximum atomic E-state index is 11.6. The molecule has 110 valence electrons. The van der Waals surface area contributed by atoms with Crippen molar-refractivity contribution in [3.63, 3.8) is 0 Å². The van der Waals surface area contributed by atoms with E-state index in [2.05, 4.69) is 26.6 Å².